The van der Waals surface area contributed by atoms with Crippen molar-refractivity contribution < 1.29 is 24.2 Å². The number of piperazine rings is 1. The number of nitrogens with one attached hydrogen (secondary N) is 2. The number of imide groups is 1. The lowest BCUT2D eigenvalue weighted by molar-refractivity contribution is -0.136. The van der Waals surface area contributed by atoms with Crippen LogP contribution in [0.3, 0.4) is 0 Å². The quantitative estimate of drug-likeness (QED) is 0.127. The molecule has 0 aliphatic carbocycles. The van der Waals surface area contributed by atoms with Crippen LogP contribution in [0.4, 0.5) is 0 Å². The normalized spacial score (nSPS) is 26.2. The van der Waals surface area contributed by atoms with Gasteiger partial charge in [-0.1, -0.05) is 19.2 Å². The highest BCUT2D eigenvalue weighted by molar-refractivity contribution is 6.13. The van der Waals surface area contributed by atoms with Crippen molar-refractivity contribution in [1.29, 1.82) is 5.41 Å². The number of benzene rings is 1. The van der Waals surface area contributed by atoms with E-state index in [1.165, 1.54) is 6.08 Å². The van der Waals surface area contributed by atoms with E-state index >= 15 is 0 Å². The Morgan fingerprint density at radius 2 is 1.98 bits per heavy atom. The van der Waals surface area contributed by atoms with Crippen LogP contribution in [0, 0.1) is 5.41 Å². The van der Waals surface area contributed by atoms with Crippen molar-refractivity contribution in [2.75, 3.05) is 52.4 Å². The summed E-state index contributed by atoms with van der Waals surface area (Å²) in [5.74, 6) is -0.0128. The predicted octanol–water partition coefficient (Wildman–Crippen LogP) is 1.35. The number of amides is 3. The first kappa shape index (κ1) is 32.2. The number of hydrogen-bond acceptors (Lipinski definition) is 11. The number of nitrogens with two attached hydrogens (primary N) is 1. The van der Waals surface area contributed by atoms with Gasteiger partial charge >= 0.3 is 0 Å². The minimum Gasteiger partial charge on any atom is -0.508 e. The largest absolute Gasteiger partial charge is 0.508 e. The molecule has 0 saturated carbocycles. The molecule has 6 rings (SSSR count). The van der Waals surface area contributed by atoms with E-state index in [1.807, 2.05) is 6.07 Å². The van der Waals surface area contributed by atoms with E-state index in [-0.39, 0.29) is 35.7 Å². The molecule has 0 spiro atoms. The second kappa shape index (κ2) is 13.5. The summed E-state index contributed by atoms with van der Waals surface area (Å²) < 4.78 is 6.10. The van der Waals surface area contributed by atoms with Gasteiger partial charge in [0, 0.05) is 62.9 Å². The summed E-state index contributed by atoms with van der Waals surface area (Å²) in [6.45, 7) is 13.9. The molecule has 248 valence electrons. The molecule has 0 radical (unpaired) electrons. The lowest BCUT2D eigenvalue weighted by Crippen LogP contribution is -2.59. The van der Waals surface area contributed by atoms with Crippen molar-refractivity contribution in [3.63, 3.8) is 0 Å². The number of piperidine rings is 1. The molecule has 1 aromatic carbocycles. The van der Waals surface area contributed by atoms with Crippen molar-refractivity contribution in [2.24, 2.45) is 10.7 Å². The molecule has 5 aliphatic heterocycles. The lowest BCUT2D eigenvalue weighted by Gasteiger charge is -2.46. The zero-order valence-electron chi connectivity index (χ0n) is 26.5. The van der Waals surface area contributed by atoms with Gasteiger partial charge in [0.25, 0.3) is 5.91 Å². The molecule has 13 heteroatoms. The molecule has 13 nitrogen and oxygen atoms in total. The summed E-state index contributed by atoms with van der Waals surface area (Å²) in [6.07, 6.45) is 6.35. The van der Waals surface area contributed by atoms with Gasteiger partial charge in [-0.05, 0) is 55.3 Å². The summed E-state index contributed by atoms with van der Waals surface area (Å²) in [4.78, 5) is 50.1. The summed E-state index contributed by atoms with van der Waals surface area (Å²) in [5, 5.41) is 20.8. The summed E-state index contributed by atoms with van der Waals surface area (Å²) in [5.41, 5.74) is 8.76. The van der Waals surface area contributed by atoms with Crippen LogP contribution in [0.15, 0.2) is 71.6 Å². The van der Waals surface area contributed by atoms with Crippen LogP contribution in [0.5, 0.6) is 5.75 Å². The predicted molar refractivity (Wildman–Crippen MR) is 177 cm³/mol. The second-order valence-electron chi connectivity index (χ2n) is 12.6. The van der Waals surface area contributed by atoms with E-state index < -0.39 is 11.9 Å². The Bertz CT molecular complexity index is 1600. The zero-order valence-corrected chi connectivity index (χ0v) is 26.5. The van der Waals surface area contributed by atoms with Gasteiger partial charge in [0.05, 0.1) is 24.0 Å². The van der Waals surface area contributed by atoms with Gasteiger partial charge in [0.1, 0.15) is 30.0 Å². The first-order chi connectivity index (χ1) is 22.6. The third kappa shape index (κ3) is 6.72. The molecule has 47 heavy (non-hydrogen) atoms. The van der Waals surface area contributed by atoms with E-state index in [0.29, 0.717) is 60.6 Å². The van der Waals surface area contributed by atoms with E-state index in [1.54, 1.807) is 29.2 Å². The van der Waals surface area contributed by atoms with Crippen molar-refractivity contribution in [2.45, 2.75) is 43.9 Å². The second-order valence-corrected chi connectivity index (χ2v) is 12.6. The van der Waals surface area contributed by atoms with Crippen LogP contribution < -0.4 is 15.8 Å². The average molecular weight is 643 g/mol. The maximum Gasteiger partial charge on any atom is 0.255 e. The topological polar surface area (TPSA) is 168 Å². The molecule has 1 aromatic rings. The first-order valence-electron chi connectivity index (χ1n) is 16.1. The number of carbonyl (C=O) groups excluding carboxylic acids is 3. The molecule has 3 amide bonds. The maximum atomic E-state index is 13.0. The molecule has 3 atom stereocenters. The Morgan fingerprint density at radius 3 is 2.74 bits per heavy atom. The minimum atomic E-state index is -0.633. The maximum absolute atomic E-state index is 13.0. The Morgan fingerprint density at radius 1 is 1.15 bits per heavy atom. The number of likely N-dealkylation sites (tertiary alicyclic amines) is 1. The van der Waals surface area contributed by atoms with Gasteiger partial charge in [-0.15, -0.1) is 0 Å². The summed E-state index contributed by atoms with van der Waals surface area (Å²) in [7, 11) is 0. The number of aliphatic hydroxyl groups excluding tert-OH is 1. The highest BCUT2D eigenvalue weighted by Gasteiger charge is 2.40. The summed E-state index contributed by atoms with van der Waals surface area (Å²) >= 11 is 0. The van der Waals surface area contributed by atoms with Crippen molar-refractivity contribution in [1.82, 2.24) is 24.9 Å². The smallest absolute Gasteiger partial charge is 0.255 e. The van der Waals surface area contributed by atoms with Crippen LogP contribution >= 0.6 is 0 Å². The first-order valence-corrected chi connectivity index (χ1v) is 16.1. The summed E-state index contributed by atoms with van der Waals surface area (Å²) in [6, 6.07) is 5.38. The van der Waals surface area contributed by atoms with Crippen molar-refractivity contribution in [3.8, 4) is 5.75 Å². The molecule has 0 aromatic heterocycles. The molecular weight excluding hydrogens is 600 g/mol. The van der Waals surface area contributed by atoms with E-state index in [2.05, 4.69) is 38.2 Å². The van der Waals surface area contributed by atoms with E-state index in [9.17, 15) is 19.5 Å². The van der Waals surface area contributed by atoms with Crippen LogP contribution in [-0.2, 0) is 16.1 Å². The Kier molecular flexibility index (Phi) is 9.28. The number of ether oxygens (including phenoxy) is 1. The Balaban J connectivity index is 0.988. The SMILES string of the molecule is C=C/C=C(\C(=C)O)C(=N)/C=C1\C(N)=NCC2CN(C3CCN(CCOc4ccc5c(c4)CN(C4CCC(=O)NC4=O)C5=O)C3)CCN12. The Hall–Kier alpha value is -4.75. The highest BCUT2D eigenvalue weighted by Crippen LogP contribution is 2.30. The number of nitrogens with zero attached hydrogens (tertiary/aromatic N) is 5. The van der Waals surface area contributed by atoms with Crippen LogP contribution in [-0.4, -0.2) is 125 Å². The van der Waals surface area contributed by atoms with E-state index in [0.717, 1.165) is 51.3 Å². The van der Waals surface area contributed by atoms with Crippen molar-refractivity contribution >= 4 is 29.3 Å². The lowest BCUT2D eigenvalue weighted by atomic mass is 10.0. The third-order valence-corrected chi connectivity index (χ3v) is 9.66. The monoisotopic (exact) mass is 642 g/mol. The fourth-order valence-corrected chi connectivity index (χ4v) is 7.19. The molecule has 3 fully saturated rings. The van der Waals surface area contributed by atoms with Crippen LogP contribution in [0.25, 0.3) is 0 Å². The van der Waals surface area contributed by atoms with Crippen LogP contribution in [0.2, 0.25) is 0 Å². The number of aliphatic hydroxyl groups is 1. The fraction of sp³-hybridized carbons (Fsp3) is 0.441. The van der Waals surface area contributed by atoms with Gasteiger partial charge < -0.3 is 30.8 Å². The molecular formula is C34H42N8O5. The molecule has 3 saturated heterocycles. The molecule has 5 N–H and O–H groups in total. The number of carbonyl (C=O) groups is 3. The third-order valence-electron chi connectivity index (χ3n) is 9.66. The van der Waals surface area contributed by atoms with Gasteiger partial charge in [0.15, 0.2) is 0 Å². The average Bonchev–Trinajstić information content (AvgIpc) is 3.65. The van der Waals surface area contributed by atoms with Gasteiger partial charge in [-0.3, -0.25) is 34.5 Å². The molecule has 0 bridgehead atoms. The number of rotatable bonds is 10. The van der Waals surface area contributed by atoms with Gasteiger partial charge in [0.2, 0.25) is 11.8 Å². The zero-order chi connectivity index (χ0) is 33.2. The highest BCUT2D eigenvalue weighted by atomic mass is 16.5. The molecule has 5 aliphatic rings. The molecule has 3 unspecified atom stereocenters. The fourth-order valence-electron chi connectivity index (χ4n) is 7.19. The minimum absolute atomic E-state index is 0.102. The van der Waals surface area contributed by atoms with Gasteiger partial charge in [-0.25, -0.2) is 0 Å². The standard InChI is InChI=1S/C34H42N8O5/c1-3-4-26(21(2)43)28(35)16-30-32(36)37-17-24-20-40(11-12-41(24)30)23-9-10-39(19-23)13-14-47-25-5-6-27-22(15-25)18-42(34(27)46)29-7-8-31(44)38-33(29)45/h3-6,15-16,23-24,29,35,43H,1-2,7-14,17-20H2,(H2,36,37)(H,38,44,45)/b26-4+,30-16+,35-28?. The Labute approximate surface area is 274 Å². The van der Waals surface area contributed by atoms with Gasteiger partial charge in [-0.2, -0.15) is 0 Å². The van der Waals surface area contributed by atoms with Crippen LogP contribution in [0.1, 0.15) is 35.2 Å². The number of amidine groups is 1. The number of fused-ring (bicyclic) bond motifs is 2. The van der Waals surface area contributed by atoms with Crippen molar-refractivity contribution in [3.05, 3.63) is 77.7 Å². The van der Waals surface area contributed by atoms with E-state index in [4.69, 9.17) is 15.9 Å². The number of hydrogen-bond donors (Lipinski definition) is 4. The number of allylic oxidation sites excluding steroid dienone is 4. The number of aliphatic imine (C=N–C) groups is 1. The molecule has 5 heterocycles.